The number of alkyl halides is 2. The van der Waals surface area contributed by atoms with Crippen molar-refractivity contribution in [1.29, 1.82) is 0 Å². The van der Waals surface area contributed by atoms with Crippen molar-refractivity contribution in [3.05, 3.63) is 18.2 Å². The van der Waals surface area contributed by atoms with Gasteiger partial charge in [0.25, 0.3) is 0 Å². The number of halogens is 2. The van der Waals surface area contributed by atoms with Crippen LogP contribution in [0.5, 0.6) is 0 Å². The molecule has 2 rings (SSSR count). The highest BCUT2D eigenvalue weighted by molar-refractivity contribution is 5.81. The Morgan fingerprint density at radius 1 is 1.72 bits per heavy atom. The summed E-state index contributed by atoms with van der Waals surface area (Å²) in [5.74, 6) is 0.121. The predicted octanol–water partition coefficient (Wildman–Crippen LogP) is 0.989. The molecule has 1 aromatic heterocycles. The second-order valence-corrected chi connectivity index (χ2v) is 4.37. The van der Waals surface area contributed by atoms with Crippen LogP contribution in [0.3, 0.4) is 0 Å². The fraction of sp³-hybridized carbons (Fsp3) is 0.636. The summed E-state index contributed by atoms with van der Waals surface area (Å²) in [6, 6.07) is -0.190. The van der Waals surface area contributed by atoms with Crippen LogP contribution in [0.1, 0.15) is 25.2 Å². The highest BCUT2D eigenvalue weighted by Gasteiger charge is 2.26. The van der Waals surface area contributed by atoms with Crippen LogP contribution in [-0.2, 0) is 11.3 Å². The van der Waals surface area contributed by atoms with Gasteiger partial charge in [0.1, 0.15) is 5.82 Å². The molecule has 1 fully saturated rings. The number of nitrogens with one attached hydrogen (secondary N) is 1. The zero-order valence-electron chi connectivity index (χ0n) is 10.1. The lowest BCUT2D eigenvalue weighted by Gasteiger charge is -2.21. The summed E-state index contributed by atoms with van der Waals surface area (Å²) in [5.41, 5.74) is 0. The maximum Gasteiger partial charge on any atom is 0.319 e. The van der Waals surface area contributed by atoms with Gasteiger partial charge in [-0.1, -0.05) is 0 Å². The molecule has 1 saturated heterocycles. The maximum atomic E-state index is 12.6. The van der Waals surface area contributed by atoms with Gasteiger partial charge in [-0.15, -0.1) is 0 Å². The Kier molecular flexibility index (Phi) is 3.90. The van der Waals surface area contributed by atoms with Crippen LogP contribution >= 0.6 is 0 Å². The van der Waals surface area contributed by atoms with Gasteiger partial charge in [0.2, 0.25) is 5.91 Å². The Bertz CT molecular complexity index is 415. The lowest BCUT2D eigenvalue weighted by Crippen LogP contribution is -2.41. The SMILES string of the molecule is CN(Cc1nccn1C(F)F)C(=O)C1CCCN1. The highest BCUT2D eigenvalue weighted by Crippen LogP contribution is 2.15. The Balaban J connectivity index is 1.99. The second kappa shape index (κ2) is 5.43. The van der Waals surface area contributed by atoms with Gasteiger partial charge in [0, 0.05) is 19.4 Å². The minimum Gasteiger partial charge on any atom is -0.337 e. The normalized spacial score (nSPS) is 19.4. The molecule has 1 aliphatic rings. The molecule has 0 aromatic carbocycles. The predicted molar refractivity (Wildman–Crippen MR) is 61.0 cm³/mol. The van der Waals surface area contributed by atoms with Crippen molar-refractivity contribution < 1.29 is 13.6 Å². The number of imidazole rings is 1. The summed E-state index contributed by atoms with van der Waals surface area (Å²) in [7, 11) is 1.60. The van der Waals surface area contributed by atoms with E-state index in [-0.39, 0.29) is 24.3 Å². The highest BCUT2D eigenvalue weighted by atomic mass is 19.3. The number of nitrogens with zero attached hydrogens (tertiary/aromatic N) is 3. The second-order valence-electron chi connectivity index (χ2n) is 4.37. The Morgan fingerprint density at radius 2 is 2.50 bits per heavy atom. The fourth-order valence-electron chi connectivity index (χ4n) is 2.10. The van der Waals surface area contributed by atoms with Gasteiger partial charge in [0.15, 0.2) is 0 Å². The van der Waals surface area contributed by atoms with Gasteiger partial charge in [-0.2, -0.15) is 8.78 Å². The third-order valence-corrected chi connectivity index (χ3v) is 3.07. The first-order valence-electron chi connectivity index (χ1n) is 5.88. The minimum atomic E-state index is -2.63. The van der Waals surface area contributed by atoms with Crippen LogP contribution in [0.2, 0.25) is 0 Å². The molecule has 1 N–H and O–H groups in total. The molecule has 5 nitrogen and oxygen atoms in total. The summed E-state index contributed by atoms with van der Waals surface area (Å²) in [5, 5.41) is 3.09. The molecular weight excluding hydrogens is 242 g/mol. The van der Waals surface area contributed by atoms with Crippen molar-refractivity contribution in [3.8, 4) is 0 Å². The van der Waals surface area contributed by atoms with Crippen LogP contribution in [-0.4, -0.2) is 40.0 Å². The van der Waals surface area contributed by atoms with Crippen molar-refractivity contribution in [3.63, 3.8) is 0 Å². The van der Waals surface area contributed by atoms with E-state index in [1.807, 2.05) is 0 Å². The maximum absolute atomic E-state index is 12.6. The smallest absolute Gasteiger partial charge is 0.319 e. The molecule has 1 unspecified atom stereocenters. The molecule has 7 heteroatoms. The molecule has 1 atom stereocenters. The van der Waals surface area contributed by atoms with Crippen molar-refractivity contribution in [2.75, 3.05) is 13.6 Å². The monoisotopic (exact) mass is 258 g/mol. The van der Waals surface area contributed by atoms with Crippen LogP contribution in [0.15, 0.2) is 12.4 Å². The van der Waals surface area contributed by atoms with Gasteiger partial charge >= 0.3 is 6.55 Å². The topological polar surface area (TPSA) is 50.2 Å². The molecule has 0 spiro atoms. The van der Waals surface area contributed by atoms with Gasteiger partial charge in [-0.3, -0.25) is 9.36 Å². The number of hydrogen-bond donors (Lipinski definition) is 1. The third kappa shape index (κ3) is 2.66. The minimum absolute atomic E-state index is 0.0729. The number of amides is 1. The molecule has 100 valence electrons. The molecular formula is C11H16F2N4O. The Morgan fingerprint density at radius 3 is 3.11 bits per heavy atom. The first-order chi connectivity index (χ1) is 8.59. The number of carbonyl (C=O) groups excluding carboxylic acids is 1. The van der Waals surface area contributed by atoms with E-state index in [1.165, 1.54) is 17.3 Å². The lowest BCUT2D eigenvalue weighted by atomic mass is 10.2. The molecule has 1 amide bonds. The number of aromatic nitrogens is 2. The molecule has 1 aromatic rings. The van der Waals surface area contributed by atoms with Gasteiger partial charge < -0.3 is 10.2 Å². The van der Waals surface area contributed by atoms with Crippen molar-refractivity contribution in [1.82, 2.24) is 19.8 Å². The van der Waals surface area contributed by atoms with E-state index in [1.54, 1.807) is 7.05 Å². The quantitative estimate of drug-likeness (QED) is 0.876. The van der Waals surface area contributed by atoms with Crippen LogP contribution < -0.4 is 5.32 Å². The Labute approximate surface area is 104 Å². The molecule has 0 radical (unpaired) electrons. The first kappa shape index (κ1) is 12.9. The summed E-state index contributed by atoms with van der Waals surface area (Å²) in [6.07, 6.45) is 4.29. The molecule has 0 aliphatic carbocycles. The average molecular weight is 258 g/mol. The zero-order valence-corrected chi connectivity index (χ0v) is 10.1. The van der Waals surface area contributed by atoms with Crippen LogP contribution in [0, 0.1) is 0 Å². The summed E-state index contributed by atoms with van der Waals surface area (Å²) in [6.45, 7) is -1.71. The number of likely N-dealkylation sites (N-methyl/N-ethyl adjacent to an activating group) is 1. The van der Waals surface area contributed by atoms with E-state index in [0.717, 1.165) is 24.0 Å². The van der Waals surface area contributed by atoms with Gasteiger partial charge in [-0.05, 0) is 19.4 Å². The van der Waals surface area contributed by atoms with E-state index in [2.05, 4.69) is 10.3 Å². The number of carbonyl (C=O) groups is 1. The number of hydrogen-bond acceptors (Lipinski definition) is 3. The molecule has 0 bridgehead atoms. The summed E-state index contributed by atoms with van der Waals surface area (Å²) >= 11 is 0. The fourth-order valence-corrected chi connectivity index (χ4v) is 2.10. The molecule has 0 saturated carbocycles. The van der Waals surface area contributed by atoms with E-state index < -0.39 is 6.55 Å². The Hall–Kier alpha value is -1.50. The molecule has 18 heavy (non-hydrogen) atoms. The summed E-state index contributed by atoms with van der Waals surface area (Å²) in [4.78, 5) is 17.3. The third-order valence-electron chi connectivity index (χ3n) is 3.07. The van der Waals surface area contributed by atoms with E-state index in [0.29, 0.717) is 0 Å². The average Bonchev–Trinajstić information content (AvgIpc) is 2.98. The van der Waals surface area contributed by atoms with Gasteiger partial charge in [0.05, 0.1) is 12.6 Å². The lowest BCUT2D eigenvalue weighted by molar-refractivity contribution is -0.132. The number of rotatable bonds is 4. The molecule has 2 heterocycles. The van der Waals surface area contributed by atoms with Crippen LogP contribution in [0.25, 0.3) is 0 Å². The van der Waals surface area contributed by atoms with E-state index >= 15 is 0 Å². The molecule has 1 aliphatic heterocycles. The van der Waals surface area contributed by atoms with Gasteiger partial charge in [-0.25, -0.2) is 4.98 Å². The van der Waals surface area contributed by atoms with E-state index in [9.17, 15) is 13.6 Å². The van der Waals surface area contributed by atoms with Crippen molar-refractivity contribution >= 4 is 5.91 Å². The van der Waals surface area contributed by atoms with Crippen molar-refractivity contribution in [2.45, 2.75) is 32.0 Å². The van der Waals surface area contributed by atoms with Crippen LogP contribution in [0.4, 0.5) is 8.78 Å². The summed E-state index contributed by atoms with van der Waals surface area (Å²) < 4.78 is 26.0. The standard InChI is InChI=1S/C11H16F2N4O/c1-16(10(18)8-3-2-4-14-8)7-9-15-5-6-17(9)11(12)13/h5-6,8,11,14H,2-4,7H2,1H3. The zero-order chi connectivity index (χ0) is 13.1. The van der Waals surface area contributed by atoms with Crippen molar-refractivity contribution in [2.24, 2.45) is 0 Å². The van der Waals surface area contributed by atoms with E-state index in [4.69, 9.17) is 0 Å². The largest absolute Gasteiger partial charge is 0.337 e. The first-order valence-corrected chi connectivity index (χ1v) is 5.88.